The van der Waals surface area contributed by atoms with Crippen LogP contribution in [-0.4, -0.2) is 23.1 Å². The zero-order valence-corrected chi connectivity index (χ0v) is 15.0. The lowest BCUT2D eigenvalue weighted by atomic mass is 10.1. The molecular formula is C17H12Cl2F3NOS. The number of carbonyl (C=O) groups excluding carboxylic acids is 1. The highest BCUT2D eigenvalue weighted by Crippen LogP contribution is 2.41. The molecule has 1 heterocycles. The van der Waals surface area contributed by atoms with Gasteiger partial charge in [0.15, 0.2) is 0 Å². The van der Waals surface area contributed by atoms with Crippen molar-refractivity contribution >= 4 is 40.9 Å². The molecule has 1 aliphatic heterocycles. The van der Waals surface area contributed by atoms with Crippen LogP contribution in [0.1, 0.15) is 26.9 Å². The molecule has 0 unspecified atom stereocenters. The fourth-order valence-electron chi connectivity index (χ4n) is 2.64. The van der Waals surface area contributed by atoms with Crippen LogP contribution in [0.5, 0.6) is 0 Å². The highest BCUT2D eigenvalue weighted by Gasteiger charge is 2.35. The molecule has 2 aromatic carbocycles. The third-order valence-electron chi connectivity index (χ3n) is 3.81. The molecule has 0 bridgehead atoms. The molecule has 1 atom stereocenters. The molecule has 0 aromatic heterocycles. The summed E-state index contributed by atoms with van der Waals surface area (Å²) in [4.78, 5) is 14.3. The maximum absolute atomic E-state index is 12.9. The average molecular weight is 406 g/mol. The van der Waals surface area contributed by atoms with Crippen molar-refractivity contribution in [1.29, 1.82) is 0 Å². The van der Waals surface area contributed by atoms with Gasteiger partial charge in [-0.25, -0.2) is 0 Å². The molecule has 1 fully saturated rings. The number of thioether (sulfide) groups is 1. The van der Waals surface area contributed by atoms with Crippen molar-refractivity contribution in [1.82, 2.24) is 4.90 Å². The first-order valence-corrected chi connectivity index (χ1v) is 9.12. The van der Waals surface area contributed by atoms with Crippen LogP contribution >= 0.6 is 35.0 Å². The normalized spacial score (nSPS) is 17.8. The number of rotatable bonds is 2. The minimum absolute atomic E-state index is 0.220. The van der Waals surface area contributed by atoms with Gasteiger partial charge < -0.3 is 4.90 Å². The second-order valence-electron chi connectivity index (χ2n) is 5.47. The van der Waals surface area contributed by atoms with E-state index >= 15 is 0 Å². The lowest BCUT2D eigenvalue weighted by Crippen LogP contribution is -2.30. The molecule has 0 aliphatic carbocycles. The van der Waals surface area contributed by atoms with Crippen LogP contribution in [0.3, 0.4) is 0 Å². The predicted molar refractivity (Wildman–Crippen MR) is 94.1 cm³/mol. The summed E-state index contributed by atoms with van der Waals surface area (Å²) < 4.78 is 38.8. The Morgan fingerprint density at radius 2 is 1.92 bits per heavy atom. The van der Waals surface area contributed by atoms with Crippen molar-refractivity contribution < 1.29 is 18.0 Å². The topological polar surface area (TPSA) is 20.3 Å². The van der Waals surface area contributed by atoms with E-state index in [1.54, 1.807) is 12.1 Å². The third kappa shape index (κ3) is 3.91. The summed E-state index contributed by atoms with van der Waals surface area (Å²) in [6.07, 6.45) is -4.42. The lowest BCUT2D eigenvalue weighted by Gasteiger charge is -2.25. The standard InChI is InChI=1S/C17H12Cl2F3NOS/c18-12-4-5-13(14(19)9-12)15(24)23-6-7-25-16(23)10-2-1-3-11(8-10)17(20,21)22/h1-5,8-9,16H,6-7H2/t16-/m0/s1. The molecule has 1 aliphatic rings. The van der Waals surface area contributed by atoms with E-state index in [1.807, 2.05) is 0 Å². The van der Waals surface area contributed by atoms with Crippen LogP contribution < -0.4 is 0 Å². The van der Waals surface area contributed by atoms with Crippen molar-refractivity contribution in [2.24, 2.45) is 0 Å². The first-order valence-electron chi connectivity index (χ1n) is 7.32. The Morgan fingerprint density at radius 1 is 1.16 bits per heavy atom. The fraction of sp³-hybridized carbons (Fsp3) is 0.235. The van der Waals surface area contributed by atoms with Gasteiger partial charge in [-0.05, 0) is 35.9 Å². The van der Waals surface area contributed by atoms with Gasteiger partial charge >= 0.3 is 6.18 Å². The fourth-order valence-corrected chi connectivity index (χ4v) is 4.38. The molecule has 0 radical (unpaired) electrons. The molecule has 2 aromatic rings. The van der Waals surface area contributed by atoms with E-state index in [2.05, 4.69) is 0 Å². The van der Waals surface area contributed by atoms with Gasteiger partial charge in [0.05, 0.1) is 16.1 Å². The monoisotopic (exact) mass is 405 g/mol. The Balaban J connectivity index is 1.92. The van der Waals surface area contributed by atoms with E-state index in [0.717, 1.165) is 12.1 Å². The molecule has 25 heavy (non-hydrogen) atoms. The Labute approximate surface area is 156 Å². The Kier molecular flexibility index (Phi) is 5.23. The van der Waals surface area contributed by atoms with E-state index in [4.69, 9.17) is 23.2 Å². The highest BCUT2D eigenvalue weighted by atomic mass is 35.5. The van der Waals surface area contributed by atoms with Crippen molar-refractivity contribution in [3.05, 3.63) is 69.2 Å². The number of halogens is 5. The Bertz CT molecular complexity index is 813. The van der Waals surface area contributed by atoms with Crippen LogP contribution in [0.25, 0.3) is 0 Å². The number of alkyl halides is 3. The maximum Gasteiger partial charge on any atom is 0.416 e. The van der Waals surface area contributed by atoms with Gasteiger partial charge in [0.25, 0.3) is 5.91 Å². The zero-order chi connectivity index (χ0) is 18.2. The molecule has 1 amide bonds. The summed E-state index contributed by atoms with van der Waals surface area (Å²) in [6.45, 7) is 0.434. The maximum atomic E-state index is 12.9. The first kappa shape index (κ1) is 18.4. The number of hydrogen-bond acceptors (Lipinski definition) is 2. The van der Waals surface area contributed by atoms with Crippen molar-refractivity contribution in [2.75, 3.05) is 12.3 Å². The molecule has 0 N–H and O–H groups in total. The summed E-state index contributed by atoms with van der Waals surface area (Å²) in [5.41, 5.74) is -0.00396. The largest absolute Gasteiger partial charge is 0.416 e. The van der Waals surface area contributed by atoms with Crippen LogP contribution in [0.4, 0.5) is 13.2 Å². The highest BCUT2D eigenvalue weighted by molar-refractivity contribution is 7.99. The van der Waals surface area contributed by atoms with Crippen LogP contribution in [0.15, 0.2) is 42.5 Å². The van der Waals surface area contributed by atoms with Gasteiger partial charge in [-0.1, -0.05) is 35.3 Å². The van der Waals surface area contributed by atoms with Gasteiger partial charge in [0.1, 0.15) is 5.37 Å². The van der Waals surface area contributed by atoms with Gasteiger partial charge in [-0.3, -0.25) is 4.79 Å². The van der Waals surface area contributed by atoms with Crippen molar-refractivity contribution in [2.45, 2.75) is 11.6 Å². The summed E-state index contributed by atoms with van der Waals surface area (Å²) >= 11 is 13.4. The number of nitrogens with zero attached hydrogens (tertiary/aromatic N) is 1. The molecule has 2 nitrogen and oxygen atoms in total. The number of amides is 1. The second-order valence-corrected chi connectivity index (χ2v) is 7.50. The van der Waals surface area contributed by atoms with E-state index in [-0.39, 0.29) is 16.5 Å². The molecule has 132 valence electrons. The molecule has 0 spiro atoms. The van der Waals surface area contributed by atoms with E-state index in [1.165, 1.54) is 34.9 Å². The molecular weight excluding hydrogens is 394 g/mol. The van der Waals surface area contributed by atoms with E-state index in [0.29, 0.717) is 22.9 Å². The smallest absolute Gasteiger partial charge is 0.322 e. The Hall–Kier alpha value is -1.37. The third-order valence-corrected chi connectivity index (χ3v) is 5.62. The molecule has 8 heteroatoms. The van der Waals surface area contributed by atoms with Crippen LogP contribution in [0, 0.1) is 0 Å². The van der Waals surface area contributed by atoms with Crippen LogP contribution in [0.2, 0.25) is 10.0 Å². The molecule has 0 saturated carbocycles. The van der Waals surface area contributed by atoms with E-state index < -0.39 is 17.1 Å². The van der Waals surface area contributed by atoms with E-state index in [9.17, 15) is 18.0 Å². The lowest BCUT2D eigenvalue weighted by molar-refractivity contribution is -0.137. The van der Waals surface area contributed by atoms with Crippen LogP contribution in [-0.2, 0) is 6.18 Å². The number of benzene rings is 2. The van der Waals surface area contributed by atoms with Gasteiger partial charge in [-0.15, -0.1) is 11.8 Å². The minimum Gasteiger partial charge on any atom is -0.322 e. The molecule has 3 rings (SSSR count). The summed E-state index contributed by atoms with van der Waals surface area (Å²) in [5.74, 6) is 0.312. The van der Waals surface area contributed by atoms with Crippen molar-refractivity contribution in [3.8, 4) is 0 Å². The second kappa shape index (κ2) is 7.09. The number of hydrogen-bond donors (Lipinski definition) is 0. The average Bonchev–Trinajstić information content (AvgIpc) is 3.03. The van der Waals surface area contributed by atoms with Gasteiger partial charge in [0.2, 0.25) is 0 Å². The first-order chi connectivity index (χ1) is 11.8. The minimum atomic E-state index is -4.42. The summed E-state index contributed by atoms with van der Waals surface area (Å²) in [7, 11) is 0. The Morgan fingerprint density at radius 3 is 2.60 bits per heavy atom. The SMILES string of the molecule is O=C(c1ccc(Cl)cc1Cl)N1CCS[C@H]1c1cccc(C(F)(F)F)c1. The predicted octanol–water partition coefficient (Wildman–Crippen LogP) is 5.90. The van der Waals surface area contributed by atoms with Crippen molar-refractivity contribution in [3.63, 3.8) is 0 Å². The molecule has 1 saturated heterocycles. The zero-order valence-electron chi connectivity index (χ0n) is 12.7. The van der Waals surface area contributed by atoms with Gasteiger partial charge in [0, 0.05) is 17.3 Å². The quantitative estimate of drug-likeness (QED) is 0.619. The number of carbonyl (C=O) groups is 1. The summed E-state index contributed by atoms with van der Waals surface area (Å²) in [5, 5.41) is 0.144. The summed E-state index contributed by atoms with van der Waals surface area (Å²) in [6, 6.07) is 9.62. The van der Waals surface area contributed by atoms with Gasteiger partial charge in [-0.2, -0.15) is 13.2 Å².